The maximum absolute atomic E-state index is 5.44. The minimum Gasteiger partial charge on any atom is -0.371 e. The van der Waals surface area contributed by atoms with E-state index < -0.39 is 0 Å². The van der Waals surface area contributed by atoms with Gasteiger partial charge in [0.1, 0.15) is 11.9 Å². The summed E-state index contributed by atoms with van der Waals surface area (Å²) >= 11 is 0. The number of fused-ring (bicyclic) bond motifs is 3. The molecule has 0 amide bonds. The molecule has 0 saturated carbocycles. The second-order valence-corrected chi connectivity index (χ2v) is 12.4. The number of benzene rings is 4. The van der Waals surface area contributed by atoms with Crippen LogP contribution in [0, 0.1) is 20.8 Å². The highest BCUT2D eigenvalue weighted by Gasteiger charge is 2.27. The Labute approximate surface area is 250 Å². The van der Waals surface area contributed by atoms with Crippen molar-refractivity contribution < 1.29 is 0 Å². The highest BCUT2D eigenvalue weighted by molar-refractivity contribution is 6.09. The van der Waals surface area contributed by atoms with Crippen LogP contribution in [0.15, 0.2) is 85.1 Å². The molecule has 1 unspecified atom stereocenters. The van der Waals surface area contributed by atoms with E-state index in [4.69, 9.17) is 4.98 Å². The van der Waals surface area contributed by atoms with Crippen LogP contribution in [0.5, 0.6) is 0 Å². The average Bonchev–Trinajstić information content (AvgIpc) is 3.49. The first-order valence-corrected chi connectivity index (χ1v) is 15.1. The van der Waals surface area contributed by atoms with Crippen LogP contribution >= 0.6 is 0 Å². The predicted octanol–water partition coefficient (Wildman–Crippen LogP) is 9.89. The first-order chi connectivity index (χ1) is 20.2. The lowest BCUT2D eigenvalue weighted by Crippen LogP contribution is -2.21. The fourth-order valence-corrected chi connectivity index (χ4v) is 6.78. The molecule has 2 heterocycles. The quantitative estimate of drug-likeness (QED) is 0.213. The van der Waals surface area contributed by atoms with Crippen molar-refractivity contribution in [2.45, 2.75) is 66.3 Å². The number of aryl methyl sites for hydroxylation is 4. The van der Waals surface area contributed by atoms with Crippen LogP contribution in [-0.2, 0) is 7.05 Å². The molecule has 0 radical (unpaired) electrons. The van der Waals surface area contributed by atoms with Gasteiger partial charge in [-0.1, -0.05) is 100.0 Å². The van der Waals surface area contributed by atoms with Gasteiger partial charge in [0, 0.05) is 29.7 Å². The van der Waals surface area contributed by atoms with Crippen molar-refractivity contribution in [3.63, 3.8) is 0 Å². The molecular weight excluding hydrogens is 512 g/mol. The van der Waals surface area contributed by atoms with E-state index in [2.05, 4.69) is 155 Å². The van der Waals surface area contributed by atoms with Crippen LogP contribution in [0.25, 0.3) is 27.6 Å². The van der Waals surface area contributed by atoms with E-state index in [1.807, 2.05) is 0 Å². The molecule has 2 aromatic heterocycles. The molecule has 0 aliphatic heterocycles. The highest BCUT2D eigenvalue weighted by atomic mass is 15.2. The predicted molar refractivity (Wildman–Crippen MR) is 178 cm³/mol. The topological polar surface area (TPSA) is 34.8 Å². The monoisotopic (exact) mass is 554 g/mol. The van der Waals surface area contributed by atoms with Gasteiger partial charge in [0.05, 0.1) is 11.0 Å². The number of hydrogen-bond donors (Lipinski definition) is 1. The molecule has 0 fully saturated rings. The van der Waals surface area contributed by atoms with Gasteiger partial charge in [-0.2, -0.15) is 0 Å². The Morgan fingerprint density at radius 2 is 1.21 bits per heavy atom. The standard InChI is InChI=1S/C38H42N4/c1-23(2)28-16-13-17-29(24(3)4)36(28)40-37(35-26(6)20-25(5)21-27(35)7)38-39-34(22-41(38)8)42-32-18-11-9-14-30(32)31-15-10-12-19-33(31)42/h9-24,37,40H,1-8H3. The van der Waals surface area contributed by atoms with E-state index in [1.165, 1.54) is 60.9 Å². The van der Waals surface area contributed by atoms with E-state index in [-0.39, 0.29) is 6.04 Å². The minimum atomic E-state index is -0.130. The Balaban J connectivity index is 1.60. The summed E-state index contributed by atoms with van der Waals surface area (Å²) in [6, 6.07) is 28.5. The second kappa shape index (κ2) is 10.8. The average molecular weight is 555 g/mol. The zero-order valence-corrected chi connectivity index (χ0v) is 26.2. The summed E-state index contributed by atoms with van der Waals surface area (Å²) in [5, 5.41) is 6.58. The van der Waals surface area contributed by atoms with E-state index in [0.717, 1.165) is 11.6 Å². The summed E-state index contributed by atoms with van der Waals surface area (Å²) in [5.41, 5.74) is 11.4. The van der Waals surface area contributed by atoms with Crippen molar-refractivity contribution in [1.29, 1.82) is 0 Å². The lowest BCUT2D eigenvalue weighted by Gasteiger charge is -2.28. The van der Waals surface area contributed by atoms with Crippen molar-refractivity contribution in [2.24, 2.45) is 7.05 Å². The largest absolute Gasteiger partial charge is 0.371 e. The van der Waals surface area contributed by atoms with Crippen LogP contribution < -0.4 is 5.32 Å². The number of nitrogens with one attached hydrogen (secondary N) is 1. The molecule has 1 atom stereocenters. The fourth-order valence-electron chi connectivity index (χ4n) is 6.78. The molecule has 0 spiro atoms. The van der Waals surface area contributed by atoms with Crippen molar-refractivity contribution in [1.82, 2.24) is 14.1 Å². The number of nitrogens with zero attached hydrogens (tertiary/aromatic N) is 3. The lowest BCUT2D eigenvalue weighted by molar-refractivity contribution is 0.733. The van der Waals surface area contributed by atoms with Gasteiger partial charge < -0.3 is 9.88 Å². The van der Waals surface area contributed by atoms with Gasteiger partial charge in [-0.25, -0.2) is 4.98 Å². The number of para-hydroxylation sites is 3. The Morgan fingerprint density at radius 3 is 1.74 bits per heavy atom. The Bertz CT molecular complexity index is 1810. The number of aromatic nitrogens is 3. The first kappa shape index (κ1) is 27.8. The summed E-state index contributed by atoms with van der Waals surface area (Å²) in [5.74, 6) is 2.71. The number of rotatable bonds is 7. The third-order valence-electron chi connectivity index (χ3n) is 8.66. The molecule has 1 N–H and O–H groups in total. The molecule has 6 aromatic rings. The van der Waals surface area contributed by atoms with E-state index >= 15 is 0 Å². The molecule has 42 heavy (non-hydrogen) atoms. The molecule has 0 saturated heterocycles. The molecule has 4 nitrogen and oxygen atoms in total. The maximum Gasteiger partial charge on any atom is 0.156 e. The van der Waals surface area contributed by atoms with Crippen molar-refractivity contribution >= 4 is 27.5 Å². The van der Waals surface area contributed by atoms with Gasteiger partial charge >= 0.3 is 0 Å². The van der Waals surface area contributed by atoms with Crippen molar-refractivity contribution in [3.8, 4) is 5.82 Å². The summed E-state index contributed by atoms with van der Waals surface area (Å²) in [6.07, 6.45) is 2.18. The van der Waals surface area contributed by atoms with E-state index in [9.17, 15) is 0 Å². The van der Waals surface area contributed by atoms with Crippen LogP contribution in [0.4, 0.5) is 5.69 Å². The van der Waals surface area contributed by atoms with Crippen LogP contribution in [0.2, 0.25) is 0 Å². The van der Waals surface area contributed by atoms with Gasteiger partial charge in [-0.05, 0) is 72.6 Å². The van der Waals surface area contributed by atoms with Gasteiger partial charge in [-0.15, -0.1) is 0 Å². The van der Waals surface area contributed by atoms with Gasteiger partial charge in [-0.3, -0.25) is 4.57 Å². The molecule has 214 valence electrons. The summed E-state index contributed by atoms with van der Waals surface area (Å²) in [7, 11) is 2.13. The molecule has 0 aliphatic carbocycles. The molecule has 6 rings (SSSR count). The Kier molecular flexibility index (Phi) is 7.18. The molecule has 0 bridgehead atoms. The second-order valence-electron chi connectivity index (χ2n) is 12.4. The molecule has 0 aliphatic rings. The molecule has 4 aromatic carbocycles. The van der Waals surface area contributed by atoms with E-state index in [1.54, 1.807) is 0 Å². The maximum atomic E-state index is 5.44. The van der Waals surface area contributed by atoms with Crippen molar-refractivity contribution in [2.75, 3.05) is 5.32 Å². The smallest absolute Gasteiger partial charge is 0.156 e. The van der Waals surface area contributed by atoms with Crippen LogP contribution in [-0.4, -0.2) is 14.1 Å². The third kappa shape index (κ3) is 4.69. The summed E-state index contributed by atoms with van der Waals surface area (Å²) in [4.78, 5) is 5.44. The van der Waals surface area contributed by atoms with E-state index in [0.29, 0.717) is 11.8 Å². The number of anilines is 1. The van der Waals surface area contributed by atoms with Gasteiger partial charge in [0.2, 0.25) is 0 Å². The van der Waals surface area contributed by atoms with Crippen molar-refractivity contribution in [3.05, 3.63) is 124 Å². The first-order valence-electron chi connectivity index (χ1n) is 15.1. The SMILES string of the molecule is Cc1cc(C)c(C(Nc2c(C(C)C)cccc2C(C)C)c2nc(-n3c4ccccc4c4ccccc43)cn2C)c(C)c1. The fraction of sp³-hybridized carbons (Fsp3) is 0.289. The van der Waals surface area contributed by atoms with Crippen LogP contribution in [0.3, 0.4) is 0 Å². The Morgan fingerprint density at radius 1 is 0.690 bits per heavy atom. The normalized spacial score (nSPS) is 12.6. The van der Waals surface area contributed by atoms with Crippen LogP contribution in [0.1, 0.15) is 84.8 Å². The highest BCUT2D eigenvalue weighted by Crippen LogP contribution is 2.39. The van der Waals surface area contributed by atoms with Gasteiger partial charge in [0.15, 0.2) is 5.82 Å². The minimum absolute atomic E-state index is 0.130. The zero-order valence-electron chi connectivity index (χ0n) is 26.2. The molecular formula is C38H42N4. The summed E-state index contributed by atoms with van der Waals surface area (Å²) < 4.78 is 4.52. The molecule has 4 heteroatoms. The third-order valence-corrected chi connectivity index (χ3v) is 8.66. The van der Waals surface area contributed by atoms with Gasteiger partial charge in [0.25, 0.3) is 0 Å². The Hall–Kier alpha value is -4.31. The number of hydrogen-bond acceptors (Lipinski definition) is 2. The zero-order chi connectivity index (χ0) is 29.7. The number of imidazole rings is 1. The lowest BCUT2D eigenvalue weighted by atomic mass is 9.89. The summed E-state index contributed by atoms with van der Waals surface area (Å²) in [6.45, 7) is 15.8.